The molecular weight excluding hydrogens is 304 g/mol. The van der Waals surface area contributed by atoms with Gasteiger partial charge >= 0.3 is 0 Å². The maximum absolute atomic E-state index is 12.0. The third-order valence-electron chi connectivity index (χ3n) is 3.00. The average molecular weight is 321 g/mol. The van der Waals surface area contributed by atoms with E-state index < -0.39 is 0 Å². The number of carbonyl (C=O) groups excluding carboxylic acids is 1. The summed E-state index contributed by atoms with van der Waals surface area (Å²) in [5, 5.41) is 3.52. The Kier molecular flexibility index (Phi) is 5.15. The van der Waals surface area contributed by atoms with Crippen LogP contribution in [0.3, 0.4) is 0 Å². The molecule has 0 heterocycles. The first-order valence-electron chi connectivity index (χ1n) is 6.50. The van der Waals surface area contributed by atoms with Crippen LogP contribution in [0.1, 0.15) is 11.1 Å². The van der Waals surface area contributed by atoms with Crippen LogP contribution in [0, 0.1) is 13.8 Å². The second kappa shape index (κ2) is 6.87. The summed E-state index contributed by atoms with van der Waals surface area (Å²) in [6, 6.07) is 11.3. The van der Waals surface area contributed by atoms with Gasteiger partial charge in [-0.1, -0.05) is 23.7 Å². The number of nitrogen functional groups attached to an aromatic ring is 1. The number of hydrogen-bond donors (Lipinski definition) is 2. The van der Waals surface area contributed by atoms with Gasteiger partial charge in [0.25, 0.3) is 0 Å². The van der Waals surface area contributed by atoms with Crippen molar-refractivity contribution in [2.75, 3.05) is 16.8 Å². The molecule has 0 unspecified atom stereocenters. The fourth-order valence-electron chi connectivity index (χ4n) is 1.85. The minimum absolute atomic E-state index is 0.0527. The van der Waals surface area contributed by atoms with E-state index in [-0.39, 0.29) is 5.91 Å². The standard InChI is InChI=1S/C16H17ClN2OS/c1-10-3-4-11(2)14(7-10)19-16(20)9-21-15-6-5-12(17)8-13(15)18/h3-8H,9,18H2,1-2H3,(H,19,20). The fourth-order valence-corrected chi connectivity index (χ4v) is 2.78. The van der Waals surface area contributed by atoms with Gasteiger partial charge in [-0.15, -0.1) is 11.8 Å². The molecule has 21 heavy (non-hydrogen) atoms. The number of rotatable bonds is 4. The zero-order valence-electron chi connectivity index (χ0n) is 11.9. The lowest BCUT2D eigenvalue weighted by molar-refractivity contribution is -0.113. The largest absolute Gasteiger partial charge is 0.398 e. The SMILES string of the molecule is Cc1ccc(C)c(NC(=O)CSc2ccc(Cl)cc2N)c1. The van der Waals surface area contributed by atoms with Crippen molar-refractivity contribution in [1.82, 2.24) is 0 Å². The highest BCUT2D eigenvalue weighted by atomic mass is 35.5. The Bertz CT molecular complexity index is 673. The first kappa shape index (κ1) is 15.7. The van der Waals surface area contributed by atoms with Crippen LogP contribution in [0.25, 0.3) is 0 Å². The summed E-state index contributed by atoms with van der Waals surface area (Å²) in [6.45, 7) is 3.97. The normalized spacial score (nSPS) is 10.4. The minimum Gasteiger partial charge on any atom is -0.398 e. The summed E-state index contributed by atoms with van der Waals surface area (Å²) in [5.74, 6) is 0.252. The van der Waals surface area contributed by atoms with Gasteiger partial charge in [-0.05, 0) is 49.2 Å². The van der Waals surface area contributed by atoms with Crippen LogP contribution < -0.4 is 11.1 Å². The Balaban J connectivity index is 1.97. The van der Waals surface area contributed by atoms with Gasteiger partial charge in [0.1, 0.15) is 0 Å². The zero-order chi connectivity index (χ0) is 15.4. The Labute approximate surface area is 133 Å². The van der Waals surface area contributed by atoms with E-state index in [4.69, 9.17) is 17.3 Å². The molecule has 2 aromatic rings. The number of anilines is 2. The lowest BCUT2D eigenvalue weighted by atomic mass is 10.1. The van der Waals surface area contributed by atoms with Crippen LogP contribution in [-0.4, -0.2) is 11.7 Å². The molecule has 2 rings (SSSR count). The summed E-state index contributed by atoms with van der Waals surface area (Å²) in [6.07, 6.45) is 0. The molecule has 0 bridgehead atoms. The molecule has 0 radical (unpaired) electrons. The smallest absolute Gasteiger partial charge is 0.234 e. The van der Waals surface area contributed by atoms with E-state index in [1.165, 1.54) is 11.8 Å². The van der Waals surface area contributed by atoms with Gasteiger partial charge < -0.3 is 11.1 Å². The average Bonchev–Trinajstić information content (AvgIpc) is 2.42. The molecule has 3 N–H and O–H groups in total. The van der Waals surface area contributed by atoms with Crippen molar-refractivity contribution >= 4 is 40.6 Å². The van der Waals surface area contributed by atoms with Gasteiger partial charge in [-0.25, -0.2) is 0 Å². The molecule has 2 aromatic carbocycles. The topological polar surface area (TPSA) is 55.1 Å². The van der Waals surface area contributed by atoms with Crippen LogP contribution >= 0.6 is 23.4 Å². The summed E-state index contributed by atoms with van der Waals surface area (Å²) < 4.78 is 0. The molecule has 0 aliphatic rings. The number of hydrogen-bond acceptors (Lipinski definition) is 3. The number of carbonyl (C=O) groups is 1. The number of thioether (sulfide) groups is 1. The molecule has 0 spiro atoms. The van der Waals surface area contributed by atoms with Crippen molar-refractivity contribution in [2.45, 2.75) is 18.7 Å². The summed E-state index contributed by atoms with van der Waals surface area (Å²) in [5.41, 5.74) is 9.47. The maximum Gasteiger partial charge on any atom is 0.234 e. The molecule has 0 saturated heterocycles. The quantitative estimate of drug-likeness (QED) is 0.653. The van der Waals surface area contributed by atoms with Gasteiger partial charge in [-0.2, -0.15) is 0 Å². The van der Waals surface area contributed by atoms with Crippen LogP contribution in [0.4, 0.5) is 11.4 Å². The molecule has 110 valence electrons. The third kappa shape index (κ3) is 4.41. The summed E-state index contributed by atoms with van der Waals surface area (Å²) in [4.78, 5) is 12.9. The number of amides is 1. The van der Waals surface area contributed by atoms with Crippen molar-refractivity contribution in [3.05, 3.63) is 52.5 Å². The van der Waals surface area contributed by atoms with Crippen molar-refractivity contribution in [1.29, 1.82) is 0 Å². The number of nitrogens with two attached hydrogens (primary N) is 1. The second-order valence-electron chi connectivity index (χ2n) is 4.84. The van der Waals surface area contributed by atoms with E-state index in [1.54, 1.807) is 12.1 Å². The highest BCUT2D eigenvalue weighted by molar-refractivity contribution is 8.00. The molecule has 0 atom stereocenters. The minimum atomic E-state index is -0.0527. The monoisotopic (exact) mass is 320 g/mol. The van der Waals surface area contributed by atoms with Crippen molar-refractivity contribution < 1.29 is 4.79 Å². The third-order valence-corrected chi connectivity index (χ3v) is 4.32. The van der Waals surface area contributed by atoms with Crippen molar-refractivity contribution in [3.8, 4) is 0 Å². The lowest BCUT2D eigenvalue weighted by Crippen LogP contribution is -2.15. The summed E-state index contributed by atoms with van der Waals surface area (Å²) in [7, 11) is 0. The molecule has 1 amide bonds. The predicted octanol–water partition coefficient (Wildman–Crippen LogP) is 4.27. The Morgan fingerprint density at radius 2 is 2.00 bits per heavy atom. The fraction of sp³-hybridized carbons (Fsp3) is 0.188. The van der Waals surface area contributed by atoms with Gasteiger partial charge in [-0.3, -0.25) is 4.79 Å². The van der Waals surface area contributed by atoms with Crippen LogP contribution in [0.5, 0.6) is 0 Å². The highest BCUT2D eigenvalue weighted by Crippen LogP contribution is 2.27. The molecule has 0 aromatic heterocycles. The highest BCUT2D eigenvalue weighted by Gasteiger charge is 2.08. The van der Waals surface area contributed by atoms with Crippen LogP contribution in [-0.2, 0) is 4.79 Å². The zero-order valence-corrected chi connectivity index (χ0v) is 13.5. The Hall–Kier alpha value is -1.65. The molecule has 0 aliphatic heterocycles. The molecule has 0 saturated carbocycles. The number of benzene rings is 2. The van der Waals surface area contributed by atoms with E-state index in [1.807, 2.05) is 38.1 Å². The van der Waals surface area contributed by atoms with E-state index >= 15 is 0 Å². The number of nitrogens with one attached hydrogen (secondary N) is 1. The van der Waals surface area contributed by atoms with E-state index in [2.05, 4.69) is 5.32 Å². The first-order valence-corrected chi connectivity index (χ1v) is 7.87. The van der Waals surface area contributed by atoms with E-state index in [9.17, 15) is 4.79 Å². The van der Waals surface area contributed by atoms with Gasteiger partial charge in [0, 0.05) is 21.3 Å². The van der Waals surface area contributed by atoms with E-state index in [0.29, 0.717) is 16.5 Å². The Morgan fingerprint density at radius 1 is 1.24 bits per heavy atom. The predicted molar refractivity (Wildman–Crippen MR) is 91.1 cm³/mol. The molecule has 3 nitrogen and oxygen atoms in total. The number of aryl methyl sites for hydroxylation is 2. The Morgan fingerprint density at radius 3 is 2.71 bits per heavy atom. The molecule has 0 fully saturated rings. The molecular formula is C16H17ClN2OS. The lowest BCUT2D eigenvalue weighted by Gasteiger charge is -2.10. The summed E-state index contributed by atoms with van der Waals surface area (Å²) >= 11 is 7.25. The van der Waals surface area contributed by atoms with Gasteiger partial charge in [0.15, 0.2) is 0 Å². The van der Waals surface area contributed by atoms with Crippen LogP contribution in [0.2, 0.25) is 5.02 Å². The second-order valence-corrected chi connectivity index (χ2v) is 6.29. The first-order chi connectivity index (χ1) is 9.95. The molecule has 5 heteroatoms. The maximum atomic E-state index is 12.0. The van der Waals surface area contributed by atoms with Gasteiger partial charge in [0.2, 0.25) is 5.91 Å². The van der Waals surface area contributed by atoms with Crippen LogP contribution in [0.15, 0.2) is 41.3 Å². The number of halogens is 1. The van der Waals surface area contributed by atoms with Crippen molar-refractivity contribution in [2.24, 2.45) is 0 Å². The van der Waals surface area contributed by atoms with Gasteiger partial charge in [0.05, 0.1) is 5.75 Å². The van der Waals surface area contributed by atoms with E-state index in [0.717, 1.165) is 21.7 Å². The molecule has 0 aliphatic carbocycles. The van der Waals surface area contributed by atoms with Crippen molar-refractivity contribution in [3.63, 3.8) is 0 Å².